The molecule has 0 heterocycles. The van der Waals surface area contributed by atoms with Gasteiger partial charge in [-0.25, -0.2) is 9.18 Å². The smallest absolute Gasteiger partial charge is 0.335 e. The van der Waals surface area contributed by atoms with E-state index in [1.54, 1.807) is 36.4 Å². The zero-order chi connectivity index (χ0) is 14.5. The molecule has 0 spiro atoms. The van der Waals surface area contributed by atoms with Crippen LogP contribution in [0.15, 0.2) is 42.5 Å². The number of hydrogen-bond donors (Lipinski definition) is 2. The third kappa shape index (κ3) is 3.26. The SMILES string of the molecule is COc1cc(NCc2ccc(C(=O)O)cc2)ccc1F. The first kappa shape index (κ1) is 13.9. The van der Waals surface area contributed by atoms with Crippen molar-refractivity contribution < 1.29 is 19.0 Å². The Hall–Kier alpha value is -2.56. The molecule has 0 saturated heterocycles. The predicted molar refractivity (Wildman–Crippen MR) is 73.7 cm³/mol. The summed E-state index contributed by atoms with van der Waals surface area (Å²) >= 11 is 0. The Kier molecular flexibility index (Phi) is 4.20. The fourth-order valence-corrected chi connectivity index (χ4v) is 1.74. The number of hydrogen-bond acceptors (Lipinski definition) is 3. The van der Waals surface area contributed by atoms with Crippen LogP contribution in [0.1, 0.15) is 15.9 Å². The van der Waals surface area contributed by atoms with E-state index in [1.807, 2.05) is 0 Å². The van der Waals surface area contributed by atoms with Crippen LogP contribution in [0.3, 0.4) is 0 Å². The first-order valence-electron chi connectivity index (χ1n) is 6.00. The maximum atomic E-state index is 13.2. The van der Waals surface area contributed by atoms with Crippen molar-refractivity contribution in [1.29, 1.82) is 0 Å². The third-order valence-corrected chi connectivity index (χ3v) is 2.85. The number of ether oxygens (including phenoxy) is 1. The van der Waals surface area contributed by atoms with E-state index < -0.39 is 11.8 Å². The summed E-state index contributed by atoms with van der Waals surface area (Å²) in [7, 11) is 1.41. The van der Waals surface area contributed by atoms with E-state index in [4.69, 9.17) is 9.84 Å². The normalized spacial score (nSPS) is 10.1. The molecular formula is C15H14FNO3. The lowest BCUT2D eigenvalue weighted by Crippen LogP contribution is -2.01. The predicted octanol–water partition coefficient (Wildman–Crippen LogP) is 3.14. The second-order valence-corrected chi connectivity index (χ2v) is 4.20. The maximum Gasteiger partial charge on any atom is 0.335 e. The average molecular weight is 275 g/mol. The molecule has 0 radical (unpaired) electrons. The van der Waals surface area contributed by atoms with Crippen molar-refractivity contribution in [2.24, 2.45) is 0 Å². The van der Waals surface area contributed by atoms with E-state index in [9.17, 15) is 9.18 Å². The van der Waals surface area contributed by atoms with Crippen LogP contribution in [0.5, 0.6) is 5.75 Å². The third-order valence-electron chi connectivity index (χ3n) is 2.85. The second kappa shape index (κ2) is 6.06. The fraction of sp³-hybridized carbons (Fsp3) is 0.133. The van der Waals surface area contributed by atoms with Crippen LogP contribution in [0.25, 0.3) is 0 Å². The van der Waals surface area contributed by atoms with E-state index in [1.165, 1.54) is 13.2 Å². The molecule has 0 aliphatic heterocycles. The summed E-state index contributed by atoms with van der Waals surface area (Å²) in [5, 5.41) is 11.9. The first-order valence-corrected chi connectivity index (χ1v) is 6.00. The topological polar surface area (TPSA) is 58.6 Å². The number of carbonyl (C=O) groups is 1. The molecule has 4 nitrogen and oxygen atoms in total. The van der Waals surface area contributed by atoms with Gasteiger partial charge in [-0.2, -0.15) is 0 Å². The molecule has 20 heavy (non-hydrogen) atoms. The van der Waals surface area contributed by atoms with Crippen molar-refractivity contribution in [3.63, 3.8) is 0 Å². The molecule has 0 amide bonds. The van der Waals surface area contributed by atoms with E-state index in [0.717, 1.165) is 11.3 Å². The molecule has 0 aromatic heterocycles. The lowest BCUT2D eigenvalue weighted by Gasteiger charge is -2.09. The van der Waals surface area contributed by atoms with Gasteiger partial charge < -0.3 is 15.2 Å². The molecular weight excluding hydrogens is 261 g/mol. The molecule has 0 bridgehead atoms. The van der Waals surface area contributed by atoms with E-state index in [0.29, 0.717) is 6.54 Å². The summed E-state index contributed by atoms with van der Waals surface area (Å²) in [6, 6.07) is 11.1. The van der Waals surface area contributed by atoms with Gasteiger partial charge in [0.1, 0.15) is 0 Å². The molecule has 0 aliphatic carbocycles. The molecule has 0 aliphatic rings. The average Bonchev–Trinajstić information content (AvgIpc) is 2.46. The monoisotopic (exact) mass is 275 g/mol. The molecule has 2 rings (SSSR count). The van der Waals surface area contributed by atoms with E-state index >= 15 is 0 Å². The van der Waals surface area contributed by atoms with E-state index in [-0.39, 0.29) is 11.3 Å². The summed E-state index contributed by atoms with van der Waals surface area (Å²) < 4.78 is 18.1. The summed E-state index contributed by atoms with van der Waals surface area (Å²) in [5.74, 6) is -1.19. The van der Waals surface area contributed by atoms with E-state index in [2.05, 4.69) is 5.32 Å². The van der Waals surface area contributed by atoms with Crippen molar-refractivity contribution in [3.8, 4) is 5.75 Å². The van der Waals surface area contributed by atoms with Crippen LogP contribution < -0.4 is 10.1 Å². The Labute approximate surface area is 115 Å². The molecule has 104 valence electrons. The maximum absolute atomic E-state index is 13.2. The summed E-state index contributed by atoms with van der Waals surface area (Å²) in [4.78, 5) is 10.7. The van der Waals surface area contributed by atoms with Crippen LogP contribution in [-0.2, 0) is 6.54 Å². The first-order chi connectivity index (χ1) is 9.60. The van der Waals surface area contributed by atoms with Crippen LogP contribution in [-0.4, -0.2) is 18.2 Å². The Bertz CT molecular complexity index is 611. The molecule has 0 unspecified atom stereocenters. The molecule has 2 aromatic rings. The number of nitrogens with one attached hydrogen (secondary N) is 1. The number of methoxy groups -OCH3 is 1. The van der Waals surface area contributed by atoms with Crippen molar-refractivity contribution >= 4 is 11.7 Å². The van der Waals surface area contributed by atoms with Crippen LogP contribution in [0, 0.1) is 5.82 Å². The van der Waals surface area contributed by atoms with Crippen LogP contribution in [0.4, 0.5) is 10.1 Å². The van der Waals surface area contributed by atoms with Gasteiger partial charge >= 0.3 is 5.97 Å². The minimum absolute atomic E-state index is 0.177. The highest BCUT2D eigenvalue weighted by atomic mass is 19.1. The largest absolute Gasteiger partial charge is 0.494 e. The number of carboxylic acids is 1. The van der Waals surface area contributed by atoms with Crippen molar-refractivity contribution in [2.45, 2.75) is 6.54 Å². The minimum atomic E-state index is -0.951. The van der Waals surface area contributed by atoms with Crippen LogP contribution in [0.2, 0.25) is 0 Å². The molecule has 2 N–H and O–H groups in total. The highest BCUT2D eigenvalue weighted by Crippen LogP contribution is 2.21. The molecule has 5 heteroatoms. The quantitative estimate of drug-likeness (QED) is 0.880. The summed E-state index contributed by atoms with van der Waals surface area (Å²) in [5.41, 5.74) is 1.90. The highest BCUT2D eigenvalue weighted by Gasteiger charge is 2.04. The highest BCUT2D eigenvalue weighted by molar-refractivity contribution is 5.87. The van der Waals surface area contributed by atoms with Crippen LogP contribution >= 0.6 is 0 Å². The molecule has 0 saturated carbocycles. The summed E-state index contributed by atoms with van der Waals surface area (Å²) in [6.07, 6.45) is 0. The van der Waals surface area contributed by atoms with Gasteiger partial charge in [0.05, 0.1) is 12.7 Å². The summed E-state index contributed by atoms with van der Waals surface area (Å²) in [6.45, 7) is 0.509. The standard InChI is InChI=1S/C15H14FNO3/c1-20-14-8-12(6-7-13(14)16)17-9-10-2-4-11(5-3-10)15(18)19/h2-8,17H,9H2,1H3,(H,18,19). The molecule has 0 fully saturated rings. The number of rotatable bonds is 5. The lowest BCUT2D eigenvalue weighted by atomic mass is 10.1. The van der Waals surface area contributed by atoms with Crippen molar-refractivity contribution in [1.82, 2.24) is 0 Å². The van der Waals surface area contributed by atoms with Gasteiger partial charge in [0.2, 0.25) is 0 Å². The van der Waals surface area contributed by atoms with Gasteiger partial charge in [0.15, 0.2) is 11.6 Å². The Morgan fingerprint density at radius 3 is 2.55 bits per heavy atom. The zero-order valence-corrected chi connectivity index (χ0v) is 10.9. The number of anilines is 1. The number of benzene rings is 2. The zero-order valence-electron chi connectivity index (χ0n) is 10.9. The Morgan fingerprint density at radius 2 is 1.95 bits per heavy atom. The molecule has 0 atom stereocenters. The fourth-order valence-electron chi connectivity index (χ4n) is 1.74. The van der Waals surface area contributed by atoms with Crippen molar-refractivity contribution in [3.05, 3.63) is 59.4 Å². The second-order valence-electron chi connectivity index (χ2n) is 4.20. The van der Waals surface area contributed by atoms with Gasteiger partial charge in [-0.3, -0.25) is 0 Å². The number of carboxylic acid groups (broad SMARTS) is 1. The van der Waals surface area contributed by atoms with Crippen molar-refractivity contribution in [2.75, 3.05) is 12.4 Å². The lowest BCUT2D eigenvalue weighted by molar-refractivity contribution is 0.0697. The minimum Gasteiger partial charge on any atom is -0.494 e. The van der Waals surface area contributed by atoms with Gasteiger partial charge in [-0.05, 0) is 29.8 Å². The Balaban J connectivity index is 2.03. The van der Waals surface area contributed by atoms with Gasteiger partial charge in [-0.1, -0.05) is 12.1 Å². The number of halogens is 1. The Morgan fingerprint density at radius 1 is 1.25 bits per heavy atom. The van der Waals surface area contributed by atoms with Gasteiger partial charge in [0, 0.05) is 18.3 Å². The van der Waals surface area contributed by atoms with Gasteiger partial charge in [0.25, 0.3) is 0 Å². The molecule has 2 aromatic carbocycles. The number of aromatic carboxylic acids is 1. The van der Waals surface area contributed by atoms with Gasteiger partial charge in [-0.15, -0.1) is 0 Å².